The lowest BCUT2D eigenvalue weighted by molar-refractivity contribution is -0.000867. The van der Waals surface area contributed by atoms with Crippen LogP contribution in [0, 0.1) is 5.41 Å². The SMILES string of the molecule is C=CCC(F)(F)c1cccc(C(=N)OC(=O)S)c1. The highest BCUT2D eigenvalue weighted by molar-refractivity contribution is 7.96. The first-order valence-corrected chi connectivity index (χ1v) is 5.40. The minimum absolute atomic E-state index is 0.0821. The van der Waals surface area contributed by atoms with Crippen LogP contribution in [0.4, 0.5) is 13.6 Å². The number of ether oxygens (including phenoxy) is 1. The molecule has 0 atom stereocenters. The van der Waals surface area contributed by atoms with Crippen LogP contribution in [0.3, 0.4) is 0 Å². The van der Waals surface area contributed by atoms with E-state index in [4.69, 9.17) is 5.41 Å². The largest absolute Gasteiger partial charge is 0.399 e. The fourth-order valence-electron chi connectivity index (χ4n) is 1.33. The zero-order valence-electron chi connectivity index (χ0n) is 9.32. The summed E-state index contributed by atoms with van der Waals surface area (Å²) in [7, 11) is 0. The first-order valence-electron chi connectivity index (χ1n) is 4.96. The second-order valence-corrected chi connectivity index (χ2v) is 3.84. The first kappa shape index (κ1) is 14.4. The van der Waals surface area contributed by atoms with Crippen molar-refractivity contribution in [3.63, 3.8) is 0 Å². The van der Waals surface area contributed by atoms with Crippen LogP contribution in [-0.2, 0) is 10.7 Å². The fraction of sp³-hybridized carbons (Fsp3) is 0.167. The predicted molar refractivity (Wildman–Crippen MR) is 67.4 cm³/mol. The molecule has 0 unspecified atom stereocenters. The van der Waals surface area contributed by atoms with Gasteiger partial charge < -0.3 is 4.74 Å². The van der Waals surface area contributed by atoms with Crippen molar-refractivity contribution in [2.75, 3.05) is 0 Å². The van der Waals surface area contributed by atoms with Gasteiger partial charge in [-0.15, -0.1) is 6.58 Å². The molecule has 0 aliphatic rings. The van der Waals surface area contributed by atoms with Crippen molar-refractivity contribution in [2.24, 2.45) is 0 Å². The van der Waals surface area contributed by atoms with Gasteiger partial charge in [-0.2, -0.15) is 0 Å². The summed E-state index contributed by atoms with van der Waals surface area (Å²) in [5.74, 6) is -3.59. The Kier molecular flexibility index (Phi) is 4.61. The van der Waals surface area contributed by atoms with Crippen molar-refractivity contribution in [1.82, 2.24) is 0 Å². The third kappa shape index (κ3) is 3.66. The van der Waals surface area contributed by atoms with Crippen molar-refractivity contribution in [1.29, 1.82) is 5.41 Å². The molecule has 0 aromatic heterocycles. The van der Waals surface area contributed by atoms with Gasteiger partial charge in [-0.25, -0.2) is 13.6 Å². The number of hydrogen-bond donors (Lipinski definition) is 2. The molecule has 0 bridgehead atoms. The average molecular weight is 271 g/mol. The predicted octanol–water partition coefficient (Wildman–Crippen LogP) is 3.75. The van der Waals surface area contributed by atoms with E-state index >= 15 is 0 Å². The highest BCUT2D eigenvalue weighted by Gasteiger charge is 2.30. The zero-order valence-corrected chi connectivity index (χ0v) is 10.2. The number of thiol groups is 1. The van der Waals surface area contributed by atoms with Crippen LogP contribution in [0.25, 0.3) is 0 Å². The second kappa shape index (κ2) is 5.77. The molecule has 96 valence electrons. The number of carbonyl (C=O) groups excluding carboxylic acids is 1. The number of benzene rings is 1. The van der Waals surface area contributed by atoms with E-state index in [-0.39, 0.29) is 11.1 Å². The zero-order chi connectivity index (χ0) is 13.8. The Morgan fingerprint density at radius 2 is 2.22 bits per heavy atom. The maximum absolute atomic E-state index is 13.6. The molecule has 0 radical (unpaired) electrons. The Hall–Kier alpha value is -1.69. The highest BCUT2D eigenvalue weighted by Crippen LogP contribution is 2.32. The third-order valence-corrected chi connectivity index (χ3v) is 2.23. The van der Waals surface area contributed by atoms with E-state index in [0.717, 1.165) is 12.1 Å². The molecule has 1 aromatic carbocycles. The van der Waals surface area contributed by atoms with Gasteiger partial charge in [0.05, 0.1) is 0 Å². The summed E-state index contributed by atoms with van der Waals surface area (Å²) in [6.45, 7) is 3.27. The number of rotatable bonds is 4. The first-order chi connectivity index (χ1) is 8.36. The maximum Gasteiger partial charge on any atom is 0.370 e. The van der Waals surface area contributed by atoms with E-state index in [1.54, 1.807) is 0 Å². The standard InChI is InChI=1S/C12H11F2NO2S/c1-2-6-12(13,14)9-5-3-4-8(7-9)10(15)17-11(16)18/h2-5,7,15H,1,6H2,(H,16,18). The molecule has 18 heavy (non-hydrogen) atoms. The van der Waals surface area contributed by atoms with Crippen LogP contribution in [0.1, 0.15) is 17.5 Å². The number of halogens is 2. The van der Waals surface area contributed by atoms with Crippen LogP contribution in [0.2, 0.25) is 0 Å². The van der Waals surface area contributed by atoms with E-state index in [0.29, 0.717) is 0 Å². The highest BCUT2D eigenvalue weighted by atomic mass is 32.1. The molecule has 0 aliphatic heterocycles. The van der Waals surface area contributed by atoms with Crippen LogP contribution < -0.4 is 0 Å². The molecule has 0 fully saturated rings. The van der Waals surface area contributed by atoms with E-state index in [2.05, 4.69) is 23.9 Å². The Balaban J connectivity index is 3.02. The molecule has 0 amide bonds. The van der Waals surface area contributed by atoms with Crippen LogP contribution in [0.5, 0.6) is 0 Å². The summed E-state index contributed by atoms with van der Waals surface area (Å²) >= 11 is 3.34. The fourth-order valence-corrected chi connectivity index (χ4v) is 1.42. The van der Waals surface area contributed by atoms with Gasteiger partial charge in [-0.1, -0.05) is 30.8 Å². The number of alkyl halides is 2. The second-order valence-electron chi connectivity index (χ2n) is 3.48. The van der Waals surface area contributed by atoms with Gasteiger partial charge in [0.25, 0.3) is 5.92 Å². The molecule has 0 heterocycles. The summed E-state index contributed by atoms with van der Waals surface area (Å²) in [5, 5.41) is 6.44. The molecule has 1 N–H and O–H groups in total. The van der Waals surface area contributed by atoms with Gasteiger partial charge in [0.15, 0.2) is 0 Å². The van der Waals surface area contributed by atoms with Gasteiger partial charge in [0, 0.05) is 17.5 Å². The number of hydrogen-bond acceptors (Lipinski definition) is 3. The lowest BCUT2D eigenvalue weighted by Crippen LogP contribution is -2.14. The molecular formula is C12H11F2NO2S. The minimum atomic E-state index is -3.07. The third-order valence-electron chi connectivity index (χ3n) is 2.14. The maximum atomic E-state index is 13.6. The van der Waals surface area contributed by atoms with E-state index in [1.807, 2.05) is 0 Å². The van der Waals surface area contributed by atoms with E-state index in [1.165, 1.54) is 18.2 Å². The monoisotopic (exact) mass is 271 g/mol. The number of carbonyl (C=O) groups is 1. The molecule has 6 heteroatoms. The van der Waals surface area contributed by atoms with Crippen LogP contribution in [-0.4, -0.2) is 11.2 Å². The van der Waals surface area contributed by atoms with Gasteiger partial charge >= 0.3 is 5.30 Å². The summed E-state index contributed by atoms with van der Waals surface area (Å²) in [6.07, 6.45) is 0.613. The molecule has 0 aliphatic carbocycles. The summed E-state index contributed by atoms with van der Waals surface area (Å²) in [6, 6.07) is 5.10. The van der Waals surface area contributed by atoms with Gasteiger partial charge in [-0.3, -0.25) is 5.41 Å². The summed E-state index contributed by atoms with van der Waals surface area (Å²) < 4.78 is 31.6. The Bertz CT molecular complexity index is 489. The van der Waals surface area contributed by atoms with E-state index < -0.39 is 23.5 Å². The van der Waals surface area contributed by atoms with Gasteiger partial charge in [-0.05, 0) is 12.1 Å². The Morgan fingerprint density at radius 3 is 2.78 bits per heavy atom. The lowest BCUT2D eigenvalue weighted by Gasteiger charge is -2.15. The van der Waals surface area contributed by atoms with Crippen molar-refractivity contribution in [3.8, 4) is 0 Å². The molecule has 0 saturated carbocycles. The van der Waals surface area contributed by atoms with Crippen molar-refractivity contribution in [2.45, 2.75) is 12.3 Å². The molecular weight excluding hydrogens is 260 g/mol. The summed E-state index contributed by atoms with van der Waals surface area (Å²) in [5.41, 5.74) is -0.182. The molecule has 0 saturated heterocycles. The lowest BCUT2D eigenvalue weighted by atomic mass is 10.0. The summed E-state index contributed by atoms with van der Waals surface area (Å²) in [4.78, 5) is 10.6. The molecule has 3 nitrogen and oxygen atoms in total. The minimum Gasteiger partial charge on any atom is -0.399 e. The topological polar surface area (TPSA) is 50.1 Å². The quantitative estimate of drug-likeness (QED) is 0.288. The van der Waals surface area contributed by atoms with Crippen LogP contribution in [0.15, 0.2) is 36.9 Å². The van der Waals surface area contributed by atoms with Gasteiger partial charge in [0.1, 0.15) is 0 Å². The molecule has 1 rings (SSSR count). The number of nitrogens with one attached hydrogen (secondary N) is 1. The smallest absolute Gasteiger partial charge is 0.370 e. The van der Waals surface area contributed by atoms with Crippen LogP contribution >= 0.6 is 12.6 Å². The average Bonchev–Trinajstić information content (AvgIpc) is 2.28. The number of allylic oxidation sites excluding steroid dienone is 1. The Morgan fingerprint density at radius 1 is 1.56 bits per heavy atom. The molecule has 0 spiro atoms. The van der Waals surface area contributed by atoms with Crippen molar-refractivity contribution < 1.29 is 18.3 Å². The van der Waals surface area contributed by atoms with Crippen molar-refractivity contribution >= 4 is 23.8 Å². The Labute approximate surface area is 108 Å². The molecule has 1 aromatic rings. The normalized spacial score (nSPS) is 10.8. The van der Waals surface area contributed by atoms with E-state index in [9.17, 15) is 13.6 Å². The van der Waals surface area contributed by atoms with Gasteiger partial charge in [0.2, 0.25) is 5.90 Å². The van der Waals surface area contributed by atoms with Crippen molar-refractivity contribution in [3.05, 3.63) is 48.0 Å².